The molecule has 1 unspecified atom stereocenters. The summed E-state index contributed by atoms with van der Waals surface area (Å²) in [6.07, 6.45) is 0.555. The first-order valence-corrected chi connectivity index (χ1v) is 6.65. The molecule has 0 aromatic heterocycles. The van der Waals surface area contributed by atoms with Crippen LogP contribution in [-0.2, 0) is 9.84 Å². The number of sulfone groups is 1. The summed E-state index contributed by atoms with van der Waals surface area (Å²) in [5.41, 5.74) is 5.95. The maximum absolute atomic E-state index is 12.1. The van der Waals surface area contributed by atoms with Crippen molar-refractivity contribution in [3.05, 3.63) is 18.2 Å². The molecule has 0 aliphatic heterocycles. The van der Waals surface area contributed by atoms with Crippen molar-refractivity contribution < 1.29 is 13.2 Å². The van der Waals surface area contributed by atoms with Gasteiger partial charge in [-0.15, -0.1) is 0 Å². The van der Waals surface area contributed by atoms with E-state index in [2.05, 4.69) is 0 Å². The predicted molar refractivity (Wildman–Crippen MR) is 64.3 cm³/mol. The van der Waals surface area contributed by atoms with Crippen LogP contribution in [0.3, 0.4) is 0 Å². The van der Waals surface area contributed by atoms with Gasteiger partial charge in [0.2, 0.25) is 0 Å². The molecule has 0 radical (unpaired) electrons. The maximum Gasteiger partial charge on any atom is 0.183 e. The van der Waals surface area contributed by atoms with Crippen LogP contribution in [0.4, 0.5) is 5.69 Å². The lowest BCUT2D eigenvalue weighted by molar-refractivity contribution is 0.413. The second-order valence-corrected chi connectivity index (χ2v) is 6.00. The molecule has 0 bridgehead atoms. The van der Waals surface area contributed by atoms with Gasteiger partial charge in [0.05, 0.1) is 22.9 Å². The molecule has 2 N–H and O–H groups in total. The lowest BCUT2D eigenvalue weighted by Gasteiger charge is -2.13. The summed E-state index contributed by atoms with van der Waals surface area (Å²) in [4.78, 5) is 0.154. The number of nitrogens with two attached hydrogens (primary N) is 1. The van der Waals surface area contributed by atoms with E-state index >= 15 is 0 Å². The number of rotatable bonds is 4. The molecule has 4 nitrogen and oxygen atoms in total. The average Bonchev–Trinajstić information content (AvgIpc) is 2.28. The van der Waals surface area contributed by atoms with E-state index in [1.54, 1.807) is 19.1 Å². The van der Waals surface area contributed by atoms with Crippen LogP contribution in [0.1, 0.15) is 20.3 Å². The number of benzene rings is 1. The van der Waals surface area contributed by atoms with Gasteiger partial charge in [-0.3, -0.25) is 0 Å². The first kappa shape index (κ1) is 12.8. The van der Waals surface area contributed by atoms with E-state index in [1.165, 1.54) is 13.2 Å². The number of nitrogen functional groups attached to an aromatic ring is 1. The normalized spacial score (nSPS) is 13.4. The first-order valence-electron chi connectivity index (χ1n) is 5.10. The molecule has 0 amide bonds. The van der Waals surface area contributed by atoms with Crippen molar-refractivity contribution in [3.63, 3.8) is 0 Å². The molecule has 1 aromatic rings. The molecule has 16 heavy (non-hydrogen) atoms. The Balaban J connectivity index is 3.32. The largest absolute Gasteiger partial charge is 0.497 e. The first-order chi connectivity index (χ1) is 7.43. The summed E-state index contributed by atoms with van der Waals surface area (Å²) in [5.74, 6) is 0.496. The molecule has 0 aliphatic carbocycles. The lowest BCUT2D eigenvalue weighted by Crippen LogP contribution is -2.18. The molecule has 0 saturated heterocycles. The highest BCUT2D eigenvalue weighted by molar-refractivity contribution is 7.92. The third-order valence-electron chi connectivity index (χ3n) is 2.63. The Labute approximate surface area is 96.3 Å². The molecule has 90 valence electrons. The van der Waals surface area contributed by atoms with Crippen LogP contribution in [-0.4, -0.2) is 20.8 Å². The smallest absolute Gasteiger partial charge is 0.183 e. The highest BCUT2D eigenvalue weighted by Gasteiger charge is 2.24. The summed E-state index contributed by atoms with van der Waals surface area (Å²) >= 11 is 0. The number of ether oxygens (including phenoxy) is 1. The molecule has 1 atom stereocenters. The molecule has 0 saturated carbocycles. The Hall–Kier alpha value is -1.23. The summed E-state index contributed by atoms with van der Waals surface area (Å²) in [6, 6.07) is 4.66. The van der Waals surface area contributed by atoms with E-state index in [0.717, 1.165) is 0 Å². The van der Waals surface area contributed by atoms with Gasteiger partial charge in [0.15, 0.2) is 9.84 Å². The van der Waals surface area contributed by atoms with Gasteiger partial charge in [-0.1, -0.05) is 6.92 Å². The van der Waals surface area contributed by atoms with E-state index in [1.807, 2.05) is 6.92 Å². The van der Waals surface area contributed by atoms with Crippen LogP contribution in [0.25, 0.3) is 0 Å². The number of methoxy groups -OCH3 is 1. The highest BCUT2D eigenvalue weighted by Crippen LogP contribution is 2.27. The van der Waals surface area contributed by atoms with E-state index in [4.69, 9.17) is 10.5 Å². The Bertz CT molecular complexity index is 468. The fourth-order valence-corrected chi connectivity index (χ4v) is 2.87. The zero-order valence-corrected chi connectivity index (χ0v) is 10.5. The van der Waals surface area contributed by atoms with E-state index in [9.17, 15) is 8.42 Å². The minimum Gasteiger partial charge on any atom is -0.497 e. The van der Waals surface area contributed by atoms with E-state index in [-0.39, 0.29) is 10.6 Å². The van der Waals surface area contributed by atoms with Crippen molar-refractivity contribution in [1.29, 1.82) is 0 Å². The second-order valence-electron chi connectivity index (χ2n) is 3.67. The highest BCUT2D eigenvalue weighted by atomic mass is 32.2. The standard InChI is InChI=1S/C11H17NO3S/c1-4-8(2)16(13,14)11-7-9(15-3)5-6-10(11)12/h5-8H,4,12H2,1-3H3. The van der Waals surface area contributed by atoms with Crippen LogP contribution >= 0.6 is 0 Å². The fraction of sp³-hybridized carbons (Fsp3) is 0.455. The van der Waals surface area contributed by atoms with Gasteiger partial charge in [0.1, 0.15) is 5.75 Å². The predicted octanol–water partition coefficient (Wildman–Crippen LogP) is 1.85. The Morgan fingerprint density at radius 1 is 1.44 bits per heavy atom. The van der Waals surface area contributed by atoms with E-state index < -0.39 is 15.1 Å². The van der Waals surface area contributed by atoms with Crippen molar-refractivity contribution in [3.8, 4) is 5.75 Å². The molecule has 0 aliphatic rings. The third kappa shape index (κ3) is 2.29. The quantitative estimate of drug-likeness (QED) is 0.819. The van der Waals surface area contributed by atoms with Gasteiger partial charge in [-0.05, 0) is 25.5 Å². The Morgan fingerprint density at radius 2 is 2.06 bits per heavy atom. The topological polar surface area (TPSA) is 69.4 Å². The van der Waals surface area contributed by atoms with Crippen molar-refractivity contribution in [1.82, 2.24) is 0 Å². The zero-order chi connectivity index (χ0) is 12.3. The number of hydrogen-bond acceptors (Lipinski definition) is 4. The van der Waals surface area contributed by atoms with Crippen LogP contribution in [0.15, 0.2) is 23.1 Å². The van der Waals surface area contributed by atoms with Crippen LogP contribution in [0.2, 0.25) is 0 Å². The molecule has 0 heterocycles. The zero-order valence-electron chi connectivity index (χ0n) is 9.73. The SMILES string of the molecule is CCC(C)S(=O)(=O)c1cc(OC)ccc1N. The third-order valence-corrected chi connectivity index (χ3v) is 4.99. The molecular formula is C11H17NO3S. The lowest BCUT2D eigenvalue weighted by atomic mass is 10.3. The summed E-state index contributed by atoms with van der Waals surface area (Å²) < 4.78 is 29.2. The molecule has 5 heteroatoms. The van der Waals surface area contributed by atoms with Crippen LogP contribution in [0.5, 0.6) is 5.75 Å². The van der Waals surface area contributed by atoms with E-state index in [0.29, 0.717) is 12.2 Å². The summed E-state index contributed by atoms with van der Waals surface area (Å²) in [5, 5.41) is -0.443. The van der Waals surface area contributed by atoms with Gasteiger partial charge in [0.25, 0.3) is 0 Å². The number of hydrogen-bond donors (Lipinski definition) is 1. The molecule has 0 fully saturated rings. The van der Waals surface area contributed by atoms with Gasteiger partial charge >= 0.3 is 0 Å². The van der Waals surface area contributed by atoms with Crippen molar-refractivity contribution in [2.24, 2.45) is 0 Å². The van der Waals surface area contributed by atoms with Gasteiger partial charge in [-0.2, -0.15) is 0 Å². The monoisotopic (exact) mass is 243 g/mol. The summed E-state index contributed by atoms with van der Waals surface area (Å²) in [7, 11) is -1.87. The molecular weight excluding hydrogens is 226 g/mol. The van der Waals surface area contributed by atoms with Gasteiger partial charge in [0, 0.05) is 6.07 Å². The van der Waals surface area contributed by atoms with Crippen molar-refractivity contribution in [2.75, 3.05) is 12.8 Å². The summed E-state index contributed by atoms with van der Waals surface area (Å²) in [6.45, 7) is 3.51. The average molecular weight is 243 g/mol. The van der Waals surface area contributed by atoms with Gasteiger partial charge in [-0.25, -0.2) is 8.42 Å². The molecule has 0 spiro atoms. The minimum absolute atomic E-state index is 0.154. The van der Waals surface area contributed by atoms with Crippen molar-refractivity contribution >= 4 is 15.5 Å². The fourth-order valence-electron chi connectivity index (χ4n) is 1.32. The van der Waals surface area contributed by atoms with Gasteiger partial charge < -0.3 is 10.5 Å². The molecule has 1 rings (SSSR count). The minimum atomic E-state index is -3.36. The van der Waals surface area contributed by atoms with Crippen molar-refractivity contribution in [2.45, 2.75) is 30.4 Å². The van der Waals surface area contributed by atoms with Crippen LogP contribution < -0.4 is 10.5 Å². The maximum atomic E-state index is 12.1. The number of anilines is 1. The van der Waals surface area contributed by atoms with Crippen LogP contribution in [0, 0.1) is 0 Å². The second kappa shape index (κ2) is 4.74. The molecule has 1 aromatic carbocycles. The Morgan fingerprint density at radius 3 is 2.56 bits per heavy atom. The Kier molecular flexibility index (Phi) is 3.80.